The lowest BCUT2D eigenvalue weighted by atomic mass is 9.69. The lowest BCUT2D eigenvalue weighted by molar-refractivity contribution is -0.131. The average Bonchev–Trinajstić information content (AvgIpc) is 3.41. The van der Waals surface area contributed by atoms with Crippen molar-refractivity contribution in [2.45, 2.75) is 78.0 Å². The first-order valence-electron chi connectivity index (χ1n) is 15.6. The van der Waals surface area contributed by atoms with Crippen molar-refractivity contribution in [1.82, 2.24) is 24.6 Å². The van der Waals surface area contributed by atoms with Crippen molar-refractivity contribution in [2.24, 2.45) is 11.1 Å². The number of carbonyl (C=O) groups is 2. The smallest absolute Gasteiger partial charge is 0.236 e. The number of hydrogen-bond acceptors (Lipinski definition) is 8. The number of hydrogen-bond donors (Lipinski definition) is 4. The normalized spacial score (nSPS) is 17.9. The molecule has 0 bridgehead atoms. The molecule has 1 aliphatic heterocycles. The summed E-state index contributed by atoms with van der Waals surface area (Å²) in [4.78, 5) is 25.7. The number of nitrogens with one attached hydrogen (secondary N) is 1. The van der Waals surface area contributed by atoms with E-state index in [0.29, 0.717) is 30.2 Å². The third-order valence-electron chi connectivity index (χ3n) is 9.04. The highest BCUT2D eigenvalue weighted by atomic mass is 32.3. The van der Waals surface area contributed by atoms with Crippen LogP contribution in [0.15, 0.2) is 59.5 Å². The fourth-order valence-corrected chi connectivity index (χ4v) is 7.92. The summed E-state index contributed by atoms with van der Waals surface area (Å²) in [5.74, 6) is -0.930. The molecule has 5 N–H and O–H groups in total. The molecule has 2 atom stereocenters. The van der Waals surface area contributed by atoms with Gasteiger partial charge < -0.3 is 15.8 Å². The quantitative estimate of drug-likeness (QED) is 0.175. The third kappa shape index (κ3) is 6.22. The second-order valence-electron chi connectivity index (χ2n) is 12.5. The Kier molecular flexibility index (Phi) is 9.46. The van der Waals surface area contributed by atoms with Gasteiger partial charge in [-0.3, -0.25) is 18.7 Å². The van der Waals surface area contributed by atoms with Crippen LogP contribution in [0.4, 0.5) is 0 Å². The molecule has 0 saturated heterocycles. The summed E-state index contributed by atoms with van der Waals surface area (Å²) in [6.07, 6.45) is 0.463. The van der Waals surface area contributed by atoms with Crippen LogP contribution in [-0.4, -0.2) is 59.4 Å². The molecule has 2 heterocycles. The standard InChI is InChI=1S/C34H44N6O5S/c1-7-25-20-39(46(43,44)29-12-10-9-11-28(29)45-25)19-24-17-23(14-13-21(24)3)31(34(5,6)33(42)36-18-30(35)41)26-15-16-27-32(22(26)4)37-38-40(27)8-2/h9-17,25,31,43-44H,7-8,18-20H2,1-6H3,(H2,35,41)(H,36,42)/t25-,31+/m1/s1. The van der Waals surface area contributed by atoms with E-state index >= 15 is 0 Å². The fourth-order valence-electron chi connectivity index (χ4n) is 6.30. The highest BCUT2D eigenvalue weighted by Gasteiger charge is 2.41. The maximum Gasteiger partial charge on any atom is 0.236 e. The van der Waals surface area contributed by atoms with Crippen LogP contribution in [0, 0.1) is 19.3 Å². The van der Waals surface area contributed by atoms with Crippen molar-refractivity contribution in [3.8, 4) is 5.75 Å². The number of ether oxygens (including phenoxy) is 1. The third-order valence-corrected chi connectivity index (χ3v) is 11.0. The number of aryl methyl sites for hydroxylation is 3. The molecular weight excluding hydrogens is 604 g/mol. The molecule has 0 saturated carbocycles. The number of rotatable bonds is 10. The molecule has 1 aliphatic rings. The van der Waals surface area contributed by atoms with Crippen molar-refractivity contribution in [2.75, 3.05) is 13.1 Å². The summed E-state index contributed by atoms with van der Waals surface area (Å²) in [5.41, 5.74) is 10.5. The van der Waals surface area contributed by atoms with Crippen LogP contribution < -0.4 is 15.8 Å². The van der Waals surface area contributed by atoms with Crippen LogP contribution >= 0.6 is 10.8 Å². The molecular formula is C34H44N6O5S. The summed E-state index contributed by atoms with van der Waals surface area (Å²) >= 11 is 0. The van der Waals surface area contributed by atoms with Gasteiger partial charge in [0.1, 0.15) is 22.3 Å². The molecule has 46 heavy (non-hydrogen) atoms. The largest absolute Gasteiger partial charge is 0.487 e. The molecule has 1 aromatic heterocycles. The first-order valence-corrected chi connectivity index (χ1v) is 17.1. The molecule has 4 aromatic rings. The molecule has 246 valence electrons. The maximum atomic E-state index is 13.7. The van der Waals surface area contributed by atoms with Crippen molar-refractivity contribution in [3.05, 3.63) is 82.4 Å². The van der Waals surface area contributed by atoms with E-state index in [0.717, 1.165) is 38.9 Å². The predicted octanol–water partition coefficient (Wildman–Crippen LogP) is 5.53. The number of aromatic nitrogens is 3. The molecule has 5 rings (SSSR count). The lowest BCUT2D eigenvalue weighted by Gasteiger charge is -2.42. The van der Waals surface area contributed by atoms with E-state index in [1.807, 2.05) is 82.6 Å². The van der Waals surface area contributed by atoms with Crippen molar-refractivity contribution in [1.29, 1.82) is 0 Å². The SMILES string of the molecule is CC[C@@H]1CN(Cc2cc([C@@H](c3ccc4c(nnn4CC)c3C)C(C)(C)C(=O)NCC(N)=O)ccc2C)S(O)(O)c2ccccc2O1. The Labute approximate surface area is 271 Å². The summed E-state index contributed by atoms with van der Waals surface area (Å²) < 4.78 is 33.0. The molecule has 11 nitrogen and oxygen atoms in total. The molecule has 0 spiro atoms. The van der Waals surface area contributed by atoms with Gasteiger partial charge in [0.2, 0.25) is 11.8 Å². The van der Waals surface area contributed by atoms with Crippen LogP contribution in [0.1, 0.15) is 67.9 Å². The summed E-state index contributed by atoms with van der Waals surface area (Å²) in [6.45, 7) is 12.7. The minimum absolute atomic E-state index is 0.232. The van der Waals surface area contributed by atoms with Gasteiger partial charge in [-0.15, -0.1) is 15.9 Å². The number of nitrogens with zero attached hydrogens (tertiary/aromatic N) is 4. The number of fused-ring (bicyclic) bond motifs is 2. The van der Waals surface area contributed by atoms with E-state index in [2.05, 4.69) is 15.6 Å². The summed E-state index contributed by atoms with van der Waals surface area (Å²) in [5, 5.41) is 11.5. The van der Waals surface area contributed by atoms with Crippen LogP contribution in [0.25, 0.3) is 11.0 Å². The number of primary amides is 1. The highest BCUT2D eigenvalue weighted by molar-refractivity contribution is 8.22. The van der Waals surface area contributed by atoms with Gasteiger partial charge in [0.05, 0.1) is 24.0 Å². The second kappa shape index (κ2) is 13.0. The van der Waals surface area contributed by atoms with E-state index in [1.54, 1.807) is 22.5 Å². The minimum atomic E-state index is -3.37. The van der Waals surface area contributed by atoms with Crippen molar-refractivity contribution in [3.63, 3.8) is 0 Å². The van der Waals surface area contributed by atoms with Gasteiger partial charge in [-0.1, -0.05) is 62.4 Å². The average molecular weight is 649 g/mol. The number of benzene rings is 3. The van der Waals surface area contributed by atoms with E-state index in [-0.39, 0.29) is 25.1 Å². The van der Waals surface area contributed by atoms with Gasteiger partial charge in [-0.2, -0.15) is 4.31 Å². The van der Waals surface area contributed by atoms with Gasteiger partial charge in [-0.05, 0) is 73.2 Å². The second-order valence-corrected chi connectivity index (χ2v) is 14.5. The number of amides is 2. The molecule has 0 radical (unpaired) electrons. The Hall–Kier alpha value is -3.97. The molecule has 0 unspecified atom stereocenters. The topological polar surface area (TPSA) is 156 Å². The lowest BCUT2D eigenvalue weighted by Crippen LogP contribution is -2.44. The molecule has 2 amide bonds. The van der Waals surface area contributed by atoms with Gasteiger partial charge in [-0.25, -0.2) is 4.68 Å². The summed E-state index contributed by atoms with van der Waals surface area (Å²) in [6, 6.07) is 17.1. The van der Waals surface area contributed by atoms with E-state index in [4.69, 9.17) is 10.5 Å². The fraction of sp³-hybridized carbons (Fsp3) is 0.412. The molecule has 3 aromatic carbocycles. The molecule has 0 fully saturated rings. The molecule has 12 heteroatoms. The zero-order valence-corrected chi connectivity index (χ0v) is 28.1. The molecule has 0 aliphatic carbocycles. The van der Waals surface area contributed by atoms with Crippen LogP contribution in [0.3, 0.4) is 0 Å². The number of carbonyl (C=O) groups excluding carboxylic acids is 2. The van der Waals surface area contributed by atoms with Gasteiger partial charge in [0.25, 0.3) is 0 Å². The number of nitrogens with two attached hydrogens (primary N) is 1. The number of para-hydroxylation sites is 1. The first kappa shape index (κ1) is 33.4. The zero-order chi connectivity index (χ0) is 33.4. The highest BCUT2D eigenvalue weighted by Crippen LogP contribution is 2.57. The Morgan fingerprint density at radius 1 is 1.13 bits per heavy atom. The van der Waals surface area contributed by atoms with Crippen LogP contribution in [0.2, 0.25) is 0 Å². The van der Waals surface area contributed by atoms with Gasteiger partial charge in [0.15, 0.2) is 0 Å². The Bertz CT molecular complexity index is 1770. The minimum Gasteiger partial charge on any atom is -0.487 e. The van der Waals surface area contributed by atoms with E-state index in [9.17, 15) is 18.7 Å². The Balaban J connectivity index is 1.62. The monoisotopic (exact) mass is 648 g/mol. The first-order chi connectivity index (χ1) is 21.8. The Morgan fingerprint density at radius 3 is 2.57 bits per heavy atom. The maximum absolute atomic E-state index is 13.7. The van der Waals surface area contributed by atoms with Crippen molar-refractivity contribution < 1.29 is 23.4 Å². The van der Waals surface area contributed by atoms with Gasteiger partial charge in [0, 0.05) is 19.0 Å². The van der Waals surface area contributed by atoms with E-state index < -0.39 is 28.0 Å². The summed E-state index contributed by atoms with van der Waals surface area (Å²) in [7, 11) is -3.37. The predicted molar refractivity (Wildman–Crippen MR) is 180 cm³/mol. The van der Waals surface area contributed by atoms with Crippen molar-refractivity contribution >= 4 is 33.6 Å². The van der Waals surface area contributed by atoms with E-state index in [1.165, 1.54) is 0 Å². The van der Waals surface area contributed by atoms with Gasteiger partial charge >= 0.3 is 0 Å². The zero-order valence-electron chi connectivity index (χ0n) is 27.3. The van der Waals surface area contributed by atoms with Crippen LogP contribution in [0.5, 0.6) is 5.75 Å². The van der Waals surface area contributed by atoms with Crippen LogP contribution in [-0.2, 0) is 22.7 Å². The Morgan fingerprint density at radius 2 is 1.87 bits per heavy atom.